The van der Waals surface area contributed by atoms with E-state index in [0.29, 0.717) is 24.1 Å². The highest BCUT2D eigenvalue weighted by Gasteiger charge is 2.07. The smallest absolute Gasteiger partial charge is 0.271 e. The van der Waals surface area contributed by atoms with E-state index < -0.39 is 0 Å². The molecule has 0 unspecified atom stereocenters. The minimum atomic E-state index is -0.247. The molecule has 0 spiro atoms. The molecule has 0 saturated heterocycles. The number of nitrogens with zero attached hydrogens (tertiary/aromatic N) is 1. The molecule has 0 saturated carbocycles. The fraction of sp³-hybridized carbons (Fsp3) is 0.0909. The van der Waals surface area contributed by atoms with Crippen LogP contribution in [0.4, 0.5) is 5.69 Å². The summed E-state index contributed by atoms with van der Waals surface area (Å²) in [7, 11) is 0. The third kappa shape index (κ3) is 5.05. The maximum atomic E-state index is 12.3. The van der Waals surface area contributed by atoms with Gasteiger partial charge in [0.05, 0.1) is 0 Å². The number of carbonyl (C=O) groups excluding carboxylic acids is 1. The van der Waals surface area contributed by atoms with Crippen molar-refractivity contribution in [2.24, 2.45) is 5.10 Å². The number of rotatable bonds is 6. The van der Waals surface area contributed by atoms with Crippen LogP contribution in [0, 0.1) is 0 Å². The fourth-order valence-corrected chi connectivity index (χ4v) is 2.63. The van der Waals surface area contributed by atoms with E-state index in [9.17, 15) is 4.79 Å². The van der Waals surface area contributed by atoms with Gasteiger partial charge in [0.15, 0.2) is 0 Å². The first-order chi connectivity index (χ1) is 12.7. The van der Waals surface area contributed by atoms with Crippen molar-refractivity contribution in [3.63, 3.8) is 0 Å². The summed E-state index contributed by atoms with van der Waals surface area (Å²) in [6.45, 7) is 0. The van der Waals surface area contributed by atoms with Crippen molar-refractivity contribution in [1.82, 2.24) is 5.43 Å². The summed E-state index contributed by atoms with van der Waals surface area (Å²) in [5, 5.41) is 4.40. The van der Waals surface area contributed by atoms with Crippen molar-refractivity contribution in [3.8, 4) is 0 Å². The van der Waals surface area contributed by atoms with E-state index in [0.717, 1.165) is 16.8 Å². The highest BCUT2D eigenvalue weighted by atomic mass is 16.2. The van der Waals surface area contributed by atoms with Gasteiger partial charge < -0.3 is 5.73 Å². The van der Waals surface area contributed by atoms with Gasteiger partial charge in [-0.05, 0) is 35.4 Å². The molecule has 3 aromatic carbocycles. The van der Waals surface area contributed by atoms with Crippen molar-refractivity contribution < 1.29 is 4.79 Å². The minimum absolute atomic E-state index is 0.247. The van der Waals surface area contributed by atoms with Crippen LogP contribution in [0.5, 0.6) is 0 Å². The van der Waals surface area contributed by atoms with E-state index in [2.05, 4.69) is 34.8 Å². The molecule has 3 aromatic rings. The Morgan fingerprint density at radius 1 is 0.769 bits per heavy atom. The lowest BCUT2D eigenvalue weighted by Gasteiger charge is -2.08. The molecule has 130 valence electrons. The molecule has 4 nitrogen and oxygen atoms in total. The van der Waals surface area contributed by atoms with Gasteiger partial charge in [0.25, 0.3) is 5.91 Å². The average molecular weight is 343 g/mol. The number of benzene rings is 3. The number of carbonyl (C=O) groups is 1. The standard InChI is InChI=1S/C22H21N3O/c23-20-13-11-19(12-14-20)22(26)25-24-21(15-17-7-3-1-4-8-17)16-18-9-5-2-6-10-18/h1-14H,15-16,23H2,(H,25,26). The number of nitrogens with two attached hydrogens (primary N) is 1. The molecule has 4 heteroatoms. The van der Waals surface area contributed by atoms with E-state index >= 15 is 0 Å². The second kappa shape index (κ2) is 8.62. The van der Waals surface area contributed by atoms with Crippen molar-refractivity contribution in [2.75, 3.05) is 5.73 Å². The van der Waals surface area contributed by atoms with Gasteiger partial charge in [-0.15, -0.1) is 0 Å². The van der Waals surface area contributed by atoms with E-state index in [1.165, 1.54) is 0 Å². The van der Waals surface area contributed by atoms with Gasteiger partial charge in [-0.3, -0.25) is 4.79 Å². The zero-order valence-corrected chi connectivity index (χ0v) is 14.4. The van der Waals surface area contributed by atoms with Gasteiger partial charge in [-0.25, -0.2) is 5.43 Å². The fourth-order valence-electron chi connectivity index (χ4n) is 2.63. The molecule has 1 amide bonds. The van der Waals surface area contributed by atoms with Gasteiger partial charge in [-0.1, -0.05) is 60.7 Å². The number of anilines is 1. The molecule has 0 fully saturated rings. The van der Waals surface area contributed by atoms with Crippen molar-refractivity contribution in [3.05, 3.63) is 102 Å². The maximum absolute atomic E-state index is 12.3. The maximum Gasteiger partial charge on any atom is 0.271 e. The summed E-state index contributed by atoms with van der Waals surface area (Å²) >= 11 is 0. The van der Waals surface area contributed by atoms with Crippen LogP contribution in [0.25, 0.3) is 0 Å². The molecule has 0 aromatic heterocycles. The Kier molecular flexibility index (Phi) is 5.78. The summed E-state index contributed by atoms with van der Waals surface area (Å²) in [6, 6.07) is 27.0. The van der Waals surface area contributed by atoms with Crippen LogP contribution in [0.2, 0.25) is 0 Å². The molecule has 0 bridgehead atoms. The molecule has 3 N–H and O–H groups in total. The van der Waals surface area contributed by atoms with Gasteiger partial charge in [0, 0.05) is 29.8 Å². The van der Waals surface area contributed by atoms with Crippen LogP contribution >= 0.6 is 0 Å². The van der Waals surface area contributed by atoms with E-state index in [-0.39, 0.29) is 5.91 Å². The molecule has 0 radical (unpaired) electrons. The van der Waals surface area contributed by atoms with Crippen LogP contribution in [0.15, 0.2) is 90.0 Å². The van der Waals surface area contributed by atoms with Gasteiger partial charge in [-0.2, -0.15) is 5.10 Å². The Morgan fingerprint density at radius 2 is 1.27 bits per heavy atom. The summed E-state index contributed by atoms with van der Waals surface area (Å²) < 4.78 is 0. The molecular weight excluding hydrogens is 322 g/mol. The molecular formula is C22H21N3O. The highest BCUT2D eigenvalue weighted by Crippen LogP contribution is 2.08. The molecule has 0 aliphatic heterocycles. The van der Waals surface area contributed by atoms with Gasteiger partial charge >= 0.3 is 0 Å². The Labute approximate surface area is 153 Å². The number of amides is 1. The van der Waals surface area contributed by atoms with Crippen LogP contribution in [-0.4, -0.2) is 11.6 Å². The lowest BCUT2D eigenvalue weighted by atomic mass is 10.0. The lowest BCUT2D eigenvalue weighted by molar-refractivity contribution is 0.0954. The number of hydrazone groups is 1. The third-order valence-electron chi connectivity index (χ3n) is 3.99. The summed E-state index contributed by atoms with van der Waals surface area (Å²) in [5.74, 6) is -0.247. The van der Waals surface area contributed by atoms with E-state index in [4.69, 9.17) is 5.73 Å². The van der Waals surface area contributed by atoms with Crippen molar-refractivity contribution >= 4 is 17.3 Å². The minimum Gasteiger partial charge on any atom is -0.399 e. The predicted octanol–water partition coefficient (Wildman–Crippen LogP) is 3.84. The Hall–Kier alpha value is -3.40. The zero-order chi connectivity index (χ0) is 18.2. The second-order valence-electron chi connectivity index (χ2n) is 6.07. The Morgan fingerprint density at radius 3 is 1.77 bits per heavy atom. The lowest BCUT2D eigenvalue weighted by Crippen LogP contribution is -2.21. The molecule has 0 atom stereocenters. The topological polar surface area (TPSA) is 67.5 Å². The Bertz CT molecular complexity index is 829. The number of nitrogen functional groups attached to an aromatic ring is 1. The van der Waals surface area contributed by atoms with Crippen LogP contribution in [-0.2, 0) is 12.8 Å². The van der Waals surface area contributed by atoms with E-state index in [1.807, 2.05) is 36.4 Å². The zero-order valence-electron chi connectivity index (χ0n) is 14.4. The number of hydrogen-bond donors (Lipinski definition) is 2. The summed E-state index contributed by atoms with van der Waals surface area (Å²) in [5.41, 5.74) is 12.7. The second-order valence-corrected chi connectivity index (χ2v) is 6.07. The predicted molar refractivity (Wildman–Crippen MR) is 106 cm³/mol. The molecule has 26 heavy (non-hydrogen) atoms. The SMILES string of the molecule is Nc1ccc(C(=O)NN=C(Cc2ccccc2)Cc2ccccc2)cc1. The highest BCUT2D eigenvalue weighted by molar-refractivity contribution is 5.96. The van der Waals surface area contributed by atoms with Crippen LogP contribution in [0.1, 0.15) is 21.5 Å². The largest absolute Gasteiger partial charge is 0.399 e. The van der Waals surface area contributed by atoms with Crippen LogP contribution < -0.4 is 11.2 Å². The first-order valence-corrected chi connectivity index (χ1v) is 8.50. The number of nitrogens with one attached hydrogen (secondary N) is 1. The summed E-state index contributed by atoms with van der Waals surface area (Å²) in [6.07, 6.45) is 1.36. The molecule has 3 rings (SSSR count). The van der Waals surface area contributed by atoms with E-state index in [1.54, 1.807) is 24.3 Å². The third-order valence-corrected chi connectivity index (χ3v) is 3.99. The first kappa shape index (κ1) is 17.4. The molecule has 0 heterocycles. The summed E-state index contributed by atoms with van der Waals surface area (Å²) in [4.78, 5) is 12.3. The van der Waals surface area contributed by atoms with Gasteiger partial charge in [0.2, 0.25) is 0 Å². The first-order valence-electron chi connectivity index (χ1n) is 8.50. The van der Waals surface area contributed by atoms with Crippen molar-refractivity contribution in [1.29, 1.82) is 0 Å². The monoisotopic (exact) mass is 343 g/mol. The Balaban J connectivity index is 1.76. The average Bonchev–Trinajstić information content (AvgIpc) is 2.68. The molecule has 0 aliphatic rings. The number of hydrogen-bond acceptors (Lipinski definition) is 3. The van der Waals surface area contributed by atoms with Gasteiger partial charge in [0.1, 0.15) is 0 Å². The normalized spacial score (nSPS) is 10.2. The molecule has 0 aliphatic carbocycles. The van der Waals surface area contributed by atoms with Crippen molar-refractivity contribution in [2.45, 2.75) is 12.8 Å². The van der Waals surface area contributed by atoms with Crippen LogP contribution in [0.3, 0.4) is 0 Å². The quantitative estimate of drug-likeness (QED) is 0.406.